The predicted octanol–water partition coefficient (Wildman–Crippen LogP) is -0.0323. The monoisotopic (exact) mass is 212 g/mol. The van der Waals surface area contributed by atoms with E-state index in [-0.39, 0.29) is 17.9 Å². The average molecular weight is 212 g/mol. The largest absolute Gasteiger partial charge is 0.391 e. The van der Waals surface area contributed by atoms with Crippen LogP contribution in [0.15, 0.2) is 0 Å². The van der Waals surface area contributed by atoms with E-state index in [1.807, 2.05) is 4.90 Å². The highest BCUT2D eigenvalue weighted by Gasteiger charge is 2.36. The van der Waals surface area contributed by atoms with Crippen molar-refractivity contribution < 1.29 is 9.90 Å². The number of hydrogen-bond acceptors (Lipinski definition) is 3. The number of rotatable bonds is 2. The van der Waals surface area contributed by atoms with Gasteiger partial charge in [0.15, 0.2) is 0 Å². The summed E-state index contributed by atoms with van der Waals surface area (Å²) in [6.07, 6.45) is 2.53. The summed E-state index contributed by atoms with van der Waals surface area (Å²) in [4.78, 5) is 14.0. The van der Waals surface area contributed by atoms with Crippen molar-refractivity contribution in [3.8, 4) is 0 Å². The zero-order chi connectivity index (χ0) is 10.8. The van der Waals surface area contributed by atoms with Gasteiger partial charge in [-0.05, 0) is 32.7 Å². The van der Waals surface area contributed by atoms with Gasteiger partial charge in [-0.25, -0.2) is 0 Å². The lowest BCUT2D eigenvalue weighted by Gasteiger charge is -2.29. The second kappa shape index (κ2) is 4.49. The van der Waals surface area contributed by atoms with E-state index in [1.165, 1.54) is 0 Å². The molecule has 2 saturated heterocycles. The highest BCUT2D eigenvalue weighted by molar-refractivity contribution is 5.80. The summed E-state index contributed by atoms with van der Waals surface area (Å²) < 4.78 is 0. The second-order valence-electron chi connectivity index (χ2n) is 4.67. The Morgan fingerprint density at radius 3 is 2.93 bits per heavy atom. The Bertz CT molecular complexity index is 237. The van der Waals surface area contributed by atoms with E-state index in [1.54, 1.807) is 6.92 Å². The second-order valence-corrected chi connectivity index (χ2v) is 4.67. The first-order valence-electron chi connectivity index (χ1n) is 5.89. The van der Waals surface area contributed by atoms with Crippen LogP contribution in [0.4, 0.5) is 0 Å². The van der Waals surface area contributed by atoms with E-state index < -0.39 is 6.10 Å². The molecule has 0 radical (unpaired) electrons. The molecule has 0 aromatic heterocycles. The minimum atomic E-state index is -0.397. The Morgan fingerprint density at radius 2 is 2.33 bits per heavy atom. The summed E-state index contributed by atoms with van der Waals surface area (Å²) in [6, 6.07) is 0.0538. The maximum atomic E-state index is 12.1. The van der Waals surface area contributed by atoms with Crippen LogP contribution >= 0.6 is 0 Å². The zero-order valence-corrected chi connectivity index (χ0v) is 9.28. The third-order valence-corrected chi connectivity index (χ3v) is 3.55. The average Bonchev–Trinajstić information content (AvgIpc) is 2.88. The fourth-order valence-electron chi connectivity index (χ4n) is 2.67. The summed E-state index contributed by atoms with van der Waals surface area (Å²) in [5.41, 5.74) is 0. The number of carbonyl (C=O) groups excluding carboxylic acids is 1. The lowest BCUT2D eigenvalue weighted by atomic mass is 10.1. The highest BCUT2D eigenvalue weighted by Crippen LogP contribution is 2.24. The van der Waals surface area contributed by atoms with Crippen LogP contribution in [0.2, 0.25) is 0 Å². The normalized spacial score (nSPS) is 33.3. The number of nitrogens with zero attached hydrogens (tertiary/aromatic N) is 1. The maximum Gasteiger partial charge on any atom is 0.227 e. The molecule has 0 bridgehead atoms. The van der Waals surface area contributed by atoms with E-state index >= 15 is 0 Å². The topological polar surface area (TPSA) is 52.6 Å². The fourth-order valence-corrected chi connectivity index (χ4v) is 2.67. The van der Waals surface area contributed by atoms with Gasteiger partial charge < -0.3 is 15.3 Å². The number of carbonyl (C=O) groups is 1. The van der Waals surface area contributed by atoms with E-state index in [0.29, 0.717) is 0 Å². The lowest BCUT2D eigenvalue weighted by molar-refractivity contribution is -0.137. The molecule has 2 heterocycles. The van der Waals surface area contributed by atoms with E-state index in [9.17, 15) is 9.90 Å². The molecule has 1 amide bonds. The van der Waals surface area contributed by atoms with Crippen LogP contribution in [0.3, 0.4) is 0 Å². The number of aliphatic hydroxyl groups excluding tert-OH is 1. The maximum absolute atomic E-state index is 12.1. The van der Waals surface area contributed by atoms with Gasteiger partial charge in [-0.1, -0.05) is 0 Å². The molecular weight excluding hydrogens is 192 g/mol. The van der Waals surface area contributed by atoms with Crippen LogP contribution < -0.4 is 5.32 Å². The molecule has 15 heavy (non-hydrogen) atoms. The van der Waals surface area contributed by atoms with Crippen LogP contribution in [0.25, 0.3) is 0 Å². The summed E-state index contributed by atoms with van der Waals surface area (Å²) in [5.74, 6) is 0.382. The number of amides is 1. The van der Waals surface area contributed by atoms with Crippen molar-refractivity contribution >= 4 is 5.91 Å². The highest BCUT2D eigenvalue weighted by atomic mass is 16.3. The van der Waals surface area contributed by atoms with Crippen LogP contribution in [0, 0.1) is 5.92 Å². The molecular formula is C11H20N2O2. The van der Waals surface area contributed by atoms with Crippen LogP contribution in [0.5, 0.6) is 0 Å². The number of likely N-dealkylation sites (tertiary alicyclic amines) is 1. The Labute approximate surface area is 90.6 Å². The Morgan fingerprint density at radius 1 is 1.53 bits per heavy atom. The number of aliphatic hydroxyl groups is 1. The first-order chi connectivity index (χ1) is 7.20. The molecule has 3 atom stereocenters. The Hall–Kier alpha value is -0.610. The number of hydrogen-bond donors (Lipinski definition) is 2. The third kappa shape index (κ3) is 2.16. The van der Waals surface area contributed by atoms with Gasteiger partial charge in [0.1, 0.15) is 0 Å². The first-order valence-corrected chi connectivity index (χ1v) is 5.89. The summed E-state index contributed by atoms with van der Waals surface area (Å²) in [7, 11) is 0. The Balaban J connectivity index is 1.99. The molecule has 2 aliphatic rings. The molecule has 0 aromatic rings. The van der Waals surface area contributed by atoms with Gasteiger partial charge in [-0.3, -0.25) is 4.79 Å². The molecule has 2 fully saturated rings. The molecule has 0 unspecified atom stereocenters. The molecule has 0 aromatic carbocycles. The molecule has 4 nitrogen and oxygen atoms in total. The quantitative estimate of drug-likeness (QED) is 0.676. The van der Waals surface area contributed by atoms with E-state index in [4.69, 9.17) is 0 Å². The minimum absolute atomic E-state index is 0.0538. The van der Waals surface area contributed by atoms with E-state index in [2.05, 4.69) is 5.32 Å². The van der Waals surface area contributed by atoms with Crippen LogP contribution in [-0.4, -0.2) is 47.7 Å². The van der Waals surface area contributed by atoms with Gasteiger partial charge in [-0.15, -0.1) is 0 Å². The summed E-state index contributed by atoms with van der Waals surface area (Å²) in [6.45, 7) is 4.36. The zero-order valence-electron chi connectivity index (χ0n) is 9.28. The van der Waals surface area contributed by atoms with Crippen molar-refractivity contribution in [1.29, 1.82) is 0 Å². The first kappa shape index (κ1) is 10.9. The molecule has 4 heteroatoms. The van der Waals surface area contributed by atoms with Crippen molar-refractivity contribution in [2.24, 2.45) is 5.92 Å². The molecule has 0 aliphatic carbocycles. The van der Waals surface area contributed by atoms with Gasteiger partial charge >= 0.3 is 0 Å². The van der Waals surface area contributed by atoms with Crippen LogP contribution in [-0.2, 0) is 4.79 Å². The van der Waals surface area contributed by atoms with Crippen molar-refractivity contribution in [3.05, 3.63) is 0 Å². The summed E-state index contributed by atoms with van der Waals surface area (Å²) >= 11 is 0. The van der Waals surface area contributed by atoms with Crippen LogP contribution in [0.1, 0.15) is 26.2 Å². The lowest BCUT2D eigenvalue weighted by Crippen LogP contribution is -2.44. The van der Waals surface area contributed by atoms with Gasteiger partial charge in [-0.2, -0.15) is 0 Å². The van der Waals surface area contributed by atoms with Gasteiger partial charge in [0.2, 0.25) is 5.91 Å². The molecule has 0 spiro atoms. The number of nitrogens with one attached hydrogen (secondary N) is 1. The molecule has 2 rings (SSSR count). The molecule has 2 aliphatic heterocycles. The molecule has 2 N–H and O–H groups in total. The Kier molecular flexibility index (Phi) is 3.26. The van der Waals surface area contributed by atoms with E-state index in [0.717, 1.165) is 38.9 Å². The summed E-state index contributed by atoms with van der Waals surface area (Å²) in [5, 5.41) is 12.8. The van der Waals surface area contributed by atoms with Crippen molar-refractivity contribution in [1.82, 2.24) is 10.2 Å². The smallest absolute Gasteiger partial charge is 0.227 e. The predicted molar refractivity (Wildman–Crippen MR) is 57.4 cm³/mol. The van der Waals surface area contributed by atoms with Crippen molar-refractivity contribution in [3.63, 3.8) is 0 Å². The van der Waals surface area contributed by atoms with Gasteiger partial charge in [0, 0.05) is 13.1 Å². The van der Waals surface area contributed by atoms with Gasteiger partial charge in [0.05, 0.1) is 18.1 Å². The molecule has 0 saturated carbocycles. The standard InChI is InChI=1S/C11H20N2O2/c1-8(14)10-3-2-6-13(10)11(15)9-4-5-12-7-9/h8-10,12,14H,2-7H2,1H3/t8-,9-,10+/m0/s1. The molecule has 86 valence electrons. The van der Waals surface area contributed by atoms with Gasteiger partial charge in [0.25, 0.3) is 0 Å². The van der Waals surface area contributed by atoms with Crippen molar-refractivity contribution in [2.75, 3.05) is 19.6 Å². The third-order valence-electron chi connectivity index (χ3n) is 3.55. The van der Waals surface area contributed by atoms with Crippen molar-refractivity contribution in [2.45, 2.75) is 38.3 Å². The fraction of sp³-hybridized carbons (Fsp3) is 0.909. The minimum Gasteiger partial charge on any atom is -0.391 e. The SMILES string of the molecule is C[C@H](O)[C@H]1CCCN1C(=O)[C@H]1CCNC1.